The van der Waals surface area contributed by atoms with Crippen molar-refractivity contribution in [3.8, 4) is 0 Å². The number of rotatable bonds is 6. The summed E-state index contributed by atoms with van der Waals surface area (Å²) in [6.07, 6.45) is 11.7. The Hall–Kier alpha value is -2.71. The molecule has 2 unspecified atom stereocenters. The van der Waals surface area contributed by atoms with Gasteiger partial charge in [-0.2, -0.15) is 10.2 Å². The van der Waals surface area contributed by atoms with Crippen molar-refractivity contribution in [2.75, 3.05) is 7.05 Å². The lowest BCUT2D eigenvalue weighted by atomic mass is 9.46. The molecule has 160 valence electrons. The zero-order chi connectivity index (χ0) is 21.1. The summed E-state index contributed by atoms with van der Waals surface area (Å²) in [4.78, 5) is 25.7. The van der Waals surface area contributed by atoms with Gasteiger partial charge in [0.25, 0.3) is 0 Å². The van der Waals surface area contributed by atoms with Crippen molar-refractivity contribution in [1.82, 2.24) is 24.5 Å². The maximum atomic E-state index is 13.2. The van der Waals surface area contributed by atoms with Crippen LogP contribution in [0.4, 0.5) is 5.69 Å². The Labute approximate surface area is 175 Å². The molecule has 30 heavy (non-hydrogen) atoms. The molecule has 2 aromatic rings. The molecule has 2 aromatic heterocycles. The standard InChI is InChI=1S/C21H28N6O3/c1-24(12-17-3-4-25(2)23-17)19(28)10-20-6-15-5-16(7-20)9-21(8-15,14-20)26-13-18(11-22-26)27(29)30/h3-4,11,13,15-16H,5-10,12,14H2,1-2H3. The van der Waals surface area contributed by atoms with Gasteiger partial charge in [-0.3, -0.25) is 24.3 Å². The molecule has 4 saturated carbocycles. The van der Waals surface area contributed by atoms with Gasteiger partial charge in [0.2, 0.25) is 5.91 Å². The monoisotopic (exact) mass is 412 g/mol. The number of aromatic nitrogens is 4. The number of aryl methyl sites for hydroxylation is 1. The number of hydrogen-bond donors (Lipinski definition) is 0. The molecule has 0 aromatic carbocycles. The van der Waals surface area contributed by atoms with E-state index in [-0.39, 0.29) is 27.5 Å². The Balaban J connectivity index is 1.36. The van der Waals surface area contributed by atoms with Crippen LogP contribution in [-0.4, -0.2) is 42.3 Å². The first-order valence-corrected chi connectivity index (χ1v) is 10.7. The number of carbonyl (C=O) groups is 1. The lowest BCUT2D eigenvalue weighted by Gasteiger charge is -2.62. The molecule has 2 heterocycles. The SMILES string of the molecule is CN(Cc1ccn(C)n1)C(=O)CC12CC3CC(C1)CC(n1cc([N+](=O)[O-])cn1)(C3)C2. The van der Waals surface area contributed by atoms with Crippen LogP contribution in [0.2, 0.25) is 0 Å². The van der Waals surface area contributed by atoms with Crippen molar-refractivity contribution in [3.63, 3.8) is 0 Å². The van der Waals surface area contributed by atoms with Crippen LogP contribution >= 0.6 is 0 Å². The smallest absolute Gasteiger partial charge is 0.307 e. The van der Waals surface area contributed by atoms with E-state index in [9.17, 15) is 14.9 Å². The summed E-state index contributed by atoms with van der Waals surface area (Å²) in [5, 5.41) is 20.0. The van der Waals surface area contributed by atoms with Crippen molar-refractivity contribution in [3.05, 3.63) is 40.5 Å². The summed E-state index contributed by atoms with van der Waals surface area (Å²) < 4.78 is 3.61. The third kappa shape index (κ3) is 3.20. The lowest BCUT2D eigenvalue weighted by Crippen LogP contribution is -2.57. The molecule has 4 bridgehead atoms. The van der Waals surface area contributed by atoms with Gasteiger partial charge < -0.3 is 4.90 Å². The molecule has 9 heteroatoms. The zero-order valence-corrected chi connectivity index (χ0v) is 17.5. The van der Waals surface area contributed by atoms with Gasteiger partial charge in [-0.1, -0.05) is 0 Å². The number of nitrogens with zero attached hydrogens (tertiary/aromatic N) is 6. The van der Waals surface area contributed by atoms with Crippen LogP contribution in [0.5, 0.6) is 0 Å². The first-order chi connectivity index (χ1) is 14.3. The predicted molar refractivity (Wildman–Crippen MR) is 108 cm³/mol. The average Bonchev–Trinajstić information content (AvgIpc) is 3.30. The van der Waals surface area contributed by atoms with E-state index in [0.29, 0.717) is 24.8 Å². The van der Waals surface area contributed by atoms with Gasteiger partial charge in [0.1, 0.15) is 12.4 Å². The molecule has 6 rings (SSSR count). The number of amides is 1. The van der Waals surface area contributed by atoms with Crippen molar-refractivity contribution < 1.29 is 9.72 Å². The van der Waals surface area contributed by atoms with E-state index in [1.165, 1.54) is 12.6 Å². The third-order valence-electron chi connectivity index (χ3n) is 7.54. The van der Waals surface area contributed by atoms with Gasteiger partial charge in [-0.15, -0.1) is 0 Å². The molecule has 4 aliphatic rings. The van der Waals surface area contributed by atoms with Crippen molar-refractivity contribution >= 4 is 11.6 Å². The second kappa shape index (κ2) is 6.65. The van der Waals surface area contributed by atoms with E-state index < -0.39 is 0 Å². The van der Waals surface area contributed by atoms with Crippen LogP contribution in [-0.2, 0) is 23.9 Å². The molecular formula is C21H28N6O3. The van der Waals surface area contributed by atoms with E-state index in [1.54, 1.807) is 15.8 Å². The molecule has 0 aliphatic heterocycles. The second-order valence-corrected chi connectivity index (χ2v) is 9.99. The molecule has 0 radical (unpaired) electrons. The van der Waals surface area contributed by atoms with E-state index in [1.807, 2.05) is 31.0 Å². The molecule has 4 aliphatic carbocycles. The third-order valence-corrected chi connectivity index (χ3v) is 7.54. The quantitative estimate of drug-likeness (QED) is 0.537. The lowest BCUT2D eigenvalue weighted by molar-refractivity contribution is -0.385. The van der Waals surface area contributed by atoms with Crippen LogP contribution < -0.4 is 0 Å². The first-order valence-electron chi connectivity index (χ1n) is 10.7. The molecule has 9 nitrogen and oxygen atoms in total. The molecular weight excluding hydrogens is 384 g/mol. The van der Waals surface area contributed by atoms with Crippen LogP contribution in [0.1, 0.15) is 50.6 Å². The summed E-state index contributed by atoms with van der Waals surface area (Å²) in [5.74, 6) is 1.30. The Morgan fingerprint density at radius 3 is 2.67 bits per heavy atom. The Morgan fingerprint density at radius 2 is 2.07 bits per heavy atom. The van der Waals surface area contributed by atoms with Crippen LogP contribution in [0.15, 0.2) is 24.7 Å². The second-order valence-electron chi connectivity index (χ2n) is 9.99. The van der Waals surface area contributed by atoms with Gasteiger partial charge in [0.05, 0.1) is 22.7 Å². The molecule has 0 saturated heterocycles. The number of carbonyl (C=O) groups excluding carboxylic acids is 1. The van der Waals surface area contributed by atoms with Crippen LogP contribution in [0.3, 0.4) is 0 Å². The van der Waals surface area contributed by atoms with E-state index in [4.69, 9.17) is 0 Å². The fraction of sp³-hybridized carbons (Fsp3) is 0.667. The highest BCUT2D eigenvalue weighted by Crippen LogP contribution is 2.65. The van der Waals surface area contributed by atoms with Gasteiger partial charge in [-0.05, 0) is 61.8 Å². The minimum absolute atomic E-state index is 0.0275. The predicted octanol–water partition coefficient (Wildman–Crippen LogP) is 2.87. The van der Waals surface area contributed by atoms with Crippen molar-refractivity contribution in [2.45, 2.75) is 57.0 Å². The van der Waals surface area contributed by atoms with Gasteiger partial charge in [-0.25, -0.2) is 0 Å². The highest BCUT2D eigenvalue weighted by Gasteiger charge is 2.59. The van der Waals surface area contributed by atoms with Gasteiger partial charge >= 0.3 is 5.69 Å². The maximum Gasteiger partial charge on any atom is 0.307 e. The highest BCUT2D eigenvalue weighted by atomic mass is 16.6. The minimum atomic E-state index is -0.379. The van der Waals surface area contributed by atoms with E-state index in [2.05, 4.69) is 10.2 Å². The largest absolute Gasteiger partial charge is 0.340 e. The fourth-order valence-corrected chi connectivity index (χ4v) is 6.88. The van der Waals surface area contributed by atoms with Crippen LogP contribution in [0.25, 0.3) is 0 Å². The van der Waals surface area contributed by atoms with Crippen molar-refractivity contribution in [2.24, 2.45) is 24.3 Å². The zero-order valence-electron chi connectivity index (χ0n) is 17.5. The van der Waals surface area contributed by atoms with Gasteiger partial charge in [0, 0.05) is 26.7 Å². The summed E-state index contributed by atoms with van der Waals surface area (Å²) in [7, 11) is 3.73. The van der Waals surface area contributed by atoms with Crippen LogP contribution in [0, 0.1) is 27.4 Å². The van der Waals surface area contributed by atoms with E-state index >= 15 is 0 Å². The summed E-state index contributed by atoms with van der Waals surface area (Å²) >= 11 is 0. The highest BCUT2D eigenvalue weighted by molar-refractivity contribution is 5.76. The summed E-state index contributed by atoms with van der Waals surface area (Å²) in [5.41, 5.74) is 0.725. The summed E-state index contributed by atoms with van der Waals surface area (Å²) in [6, 6.07) is 1.94. The van der Waals surface area contributed by atoms with Gasteiger partial charge in [0.15, 0.2) is 0 Å². The number of nitro groups is 1. The Bertz CT molecular complexity index is 981. The average molecular weight is 412 g/mol. The normalized spacial score (nSPS) is 31.8. The Morgan fingerprint density at radius 1 is 1.33 bits per heavy atom. The molecule has 2 atom stereocenters. The molecule has 4 fully saturated rings. The van der Waals surface area contributed by atoms with Crippen molar-refractivity contribution in [1.29, 1.82) is 0 Å². The maximum absolute atomic E-state index is 13.2. The fourth-order valence-electron chi connectivity index (χ4n) is 6.88. The van der Waals surface area contributed by atoms with E-state index in [0.717, 1.165) is 37.8 Å². The minimum Gasteiger partial charge on any atom is -0.340 e. The number of hydrogen-bond acceptors (Lipinski definition) is 5. The Kier molecular flexibility index (Phi) is 4.27. The molecule has 1 amide bonds. The summed E-state index contributed by atoms with van der Waals surface area (Å²) in [6.45, 7) is 0.513. The first kappa shape index (κ1) is 19.3. The topological polar surface area (TPSA) is 99.1 Å². The molecule has 0 spiro atoms. The molecule has 0 N–H and O–H groups in total.